The highest BCUT2D eigenvalue weighted by atomic mass is 32.2. The zero-order valence-corrected chi connectivity index (χ0v) is 12.9. The first-order chi connectivity index (χ1) is 9.95. The Labute approximate surface area is 126 Å². The first-order valence-electron chi connectivity index (χ1n) is 6.29. The predicted molar refractivity (Wildman–Crippen MR) is 79.2 cm³/mol. The molecule has 0 saturated heterocycles. The first kappa shape index (κ1) is 15.7. The molecule has 9 heteroatoms. The van der Waals surface area contributed by atoms with Gasteiger partial charge in [0.25, 0.3) is 0 Å². The van der Waals surface area contributed by atoms with Gasteiger partial charge in [-0.3, -0.25) is 4.79 Å². The van der Waals surface area contributed by atoms with Crippen molar-refractivity contribution < 1.29 is 13.2 Å². The molecule has 2 rings (SSSR count). The summed E-state index contributed by atoms with van der Waals surface area (Å²) in [5.74, 6) is -0.0491. The van der Waals surface area contributed by atoms with Crippen molar-refractivity contribution in [1.82, 2.24) is 14.9 Å². The average molecular weight is 328 g/mol. The molecule has 0 fully saturated rings. The fraction of sp³-hybridized carbons (Fsp3) is 0.333. The molecule has 0 aliphatic carbocycles. The van der Waals surface area contributed by atoms with Gasteiger partial charge in [0.05, 0.1) is 6.33 Å². The Balaban J connectivity index is 1.71. The van der Waals surface area contributed by atoms with Gasteiger partial charge in [0, 0.05) is 36.8 Å². The molecule has 2 aromatic rings. The molecule has 0 unspecified atom stereocenters. The zero-order chi connectivity index (χ0) is 15.3. The second-order valence-electron chi connectivity index (χ2n) is 4.42. The SMILES string of the molecule is NS(=O)(=O)c1ccc(CCNC(=O)CCn2ccnc2)s1. The van der Waals surface area contributed by atoms with Gasteiger partial charge in [-0.15, -0.1) is 11.3 Å². The molecular weight excluding hydrogens is 312 g/mol. The number of hydrogen-bond donors (Lipinski definition) is 2. The number of sulfonamides is 1. The molecule has 3 N–H and O–H groups in total. The smallest absolute Gasteiger partial charge is 0.247 e. The monoisotopic (exact) mass is 328 g/mol. The molecule has 0 atom stereocenters. The number of imidazole rings is 1. The number of thiophene rings is 1. The van der Waals surface area contributed by atoms with E-state index in [1.807, 2.05) is 4.57 Å². The third-order valence-corrected chi connectivity index (χ3v) is 5.35. The van der Waals surface area contributed by atoms with Gasteiger partial charge in [-0.2, -0.15) is 0 Å². The highest BCUT2D eigenvalue weighted by molar-refractivity contribution is 7.91. The molecule has 2 aromatic heterocycles. The number of carbonyl (C=O) groups excluding carboxylic acids is 1. The van der Waals surface area contributed by atoms with Crippen LogP contribution in [0.5, 0.6) is 0 Å². The topological polar surface area (TPSA) is 107 Å². The Hall–Kier alpha value is -1.71. The number of aryl methyl sites for hydroxylation is 1. The van der Waals surface area contributed by atoms with Crippen LogP contribution in [-0.2, 0) is 27.8 Å². The molecule has 2 heterocycles. The molecule has 7 nitrogen and oxygen atoms in total. The summed E-state index contributed by atoms with van der Waals surface area (Å²) in [6.45, 7) is 1.05. The van der Waals surface area contributed by atoms with Crippen molar-refractivity contribution in [3.05, 3.63) is 35.7 Å². The standard InChI is InChI=1S/C12H16N4O3S2/c13-21(18,19)12-2-1-10(20-12)3-5-15-11(17)4-7-16-8-6-14-9-16/h1-2,6,8-9H,3-5,7H2,(H,15,17)(H2,13,18,19). The Bertz CT molecular complexity index is 692. The molecule has 0 spiro atoms. The molecule has 114 valence electrons. The van der Waals surface area contributed by atoms with Gasteiger partial charge in [-0.1, -0.05) is 0 Å². The van der Waals surface area contributed by atoms with Crippen LogP contribution in [0.2, 0.25) is 0 Å². The second kappa shape index (κ2) is 6.83. The normalized spacial score (nSPS) is 11.5. The zero-order valence-electron chi connectivity index (χ0n) is 11.2. The summed E-state index contributed by atoms with van der Waals surface area (Å²) in [4.78, 5) is 16.4. The lowest BCUT2D eigenvalue weighted by Crippen LogP contribution is -2.26. The van der Waals surface area contributed by atoms with Crippen LogP contribution in [0.4, 0.5) is 0 Å². The van der Waals surface area contributed by atoms with Crippen LogP contribution in [0.3, 0.4) is 0 Å². The molecular formula is C12H16N4O3S2. The van der Waals surface area contributed by atoms with E-state index in [0.29, 0.717) is 25.9 Å². The molecule has 0 aromatic carbocycles. The number of nitrogens with one attached hydrogen (secondary N) is 1. The van der Waals surface area contributed by atoms with Crippen LogP contribution < -0.4 is 10.5 Å². The van der Waals surface area contributed by atoms with Gasteiger partial charge in [0.1, 0.15) is 4.21 Å². The lowest BCUT2D eigenvalue weighted by molar-refractivity contribution is -0.121. The molecule has 0 bridgehead atoms. The van der Waals surface area contributed by atoms with Gasteiger partial charge >= 0.3 is 0 Å². The molecule has 21 heavy (non-hydrogen) atoms. The van der Waals surface area contributed by atoms with Crippen LogP contribution in [0.1, 0.15) is 11.3 Å². The van der Waals surface area contributed by atoms with E-state index >= 15 is 0 Å². The van der Waals surface area contributed by atoms with E-state index in [1.54, 1.807) is 24.8 Å². The third-order valence-electron chi connectivity index (χ3n) is 2.77. The predicted octanol–water partition coefficient (Wildman–Crippen LogP) is 0.341. The number of aromatic nitrogens is 2. The summed E-state index contributed by atoms with van der Waals surface area (Å²) in [6, 6.07) is 3.19. The number of amides is 1. The van der Waals surface area contributed by atoms with E-state index < -0.39 is 10.0 Å². The van der Waals surface area contributed by atoms with E-state index in [9.17, 15) is 13.2 Å². The number of nitrogens with two attached hydrogens (primary N) is 1. The van der Waals surface area contributed by atoms with Crippen LogP contribution in [0, 0.1) is 0 Å². The van der Waals surface area contributed by atoms with Gasteiger partial charge in [0.2, 0.25) is 15.9 Å². The Morgan fingerprint density at radius 2 is 2.24 bits per heavy atom. The minimum Gasteiger partial charge on any atom is -0.356 e. The number of primary sulfonamides is 1. The van der Waals surface area contributed by atoms with E-state index in [2.05, 4.69) is 10.3 Å². The highest BCUT2D eigenvalue weighted by Crippen LogP contribution is 2.20. The van der Waals surface area contributed by atoms with Crippen LogP contribution >= 0.6 is 11.3 Å². The molecule has 0 radical (unpaired) electrons. The largest absolute Gasteiger partial charge is 0.356 e. The number of nitrogens with zero attached hydrogens (tertiary/aromatic N) is 2. The Morgan fingerprint density at radius 3 is 2.86 bits per heavy atom. The third kappa shape index (κ3) is 4.96. The quantitative estimate of drug-likeness (QED) is 0.764. The highest BCUT2D eigenvalue weighted by Gasteiger charge is 2.11. The Morgan fingerprint density at radius 1 is 1.43 bits per heavy atom. The summed E-state index contributed by atoms with van der Waals surface area (Å²) >= 11 is 1.13. The van der Waals surface area contributed by atoms with Crippen LogP contribution in [0.25, 0.3) is 0 Å². The van der Waals surface area contributed by atoms with E-state index in [4.69, 9.17) is 5.14 Å². The lowest BCUT2D eigenvalue weighted by atomic mass is 10.3. The summed E-state index contributed by atoms with van der Waals surface area (Å²) in [5.41, 5.74) is 0. The van der Waals surface area contributed by atoms with Crippen molar-refractivity contribution in [1.29, 1.82) is 0 Å². The molecule has 0 saturated carbocycles. The van der Waals surface area contributed by atoms with Crippen LogP contribution in [0.15, 0.2) is 35.1 Å². The van der Waals surface area contributed by atoms with E-state index in [0.717, 1.165) is 16.2 Å². The minimum atomic E-state index is -3.63. The Kier molecular flexibility index (Phi) is 5.10. The maximum atomic E-state index is 11.6. The number of hydrogen-bond acceptors (Lipinski definition) is 5. The maximum absolute atomic E-state index is 11.6. The van der Waals surface area contributed by atoms with E-state index in [1.165, 1.54) is 6.07 Å². The van der Waals surface area contributed by atoms with E-state index in [-0.39, 0.29) is 10.1 Å². The van der Waals surface area contributed by atoms with Crippen LogP contribution in [-0.4, -0.2) is 30.4 Å². The van der Waals surface area contributed by atoms with Gasteiger partial charge in [-0.05, 0) is 18.6 Å². The van der Waals surface area contributed by atoms with Crippen molar-refractivity contribution in [2.24, 2.45) is 5.14 Å². The summed E-state index contributed by atoms with van der Waals surface area (Å²) in [5, 5.41) is 7.83. The molecule has 1 amide bonds. The van der Waals surface area contributed by atoms with Gasteiger partial charge < -0.3 is 9.88 Å². The van der Waals surface area contributed by atoms with Crippen molar-refractivity contribution in [2.45, 2.75) is 23.6 Å². The fourth-order valence-corrected chi connectivity index (χ4v) is 3.49. The van der Waals surface area contributed by atoms with Crippen molar-refractivity contribution in [2.75, 3.05) is 6.54 Å². The van der Waals surface area contributed by atoms with Gasteiger partial charge in [-0.25, -0.2) is 18.5 Å². The second-order valence-corrected chi connectivity index (χ2v) is 7.37. The number of carbonyl (C=O) groups is 1. The minimum absolute atomic E-state index is 0.0491. The summed E-state index contributed by atoms with van der Waals surface area (Å²) in [7, 11) is -3.63. The lowest BCUT2D eigenvalue weighted by Gasteiger charge is -2.04. The van der Waals surface area contributed by atoms with Crippen molar-refractivity contribution in [3.63, 3.8) is 0 Å². The average Bonchev–Trinajstić information content (AvgIpc) is 3.07. The first-order valence-corrected chi connectivity index (χ1v) is 8.65. The maximum Gasteiger partial charge on any atom is 0.247 e. The van der Waals surface area contributed by atoms with Crippen molar-refractivity contribution in [3.8, 4) is 0 Å². The molecule has 0 aliphatic heterocycles. The van der Waals surface area contributed by atoms with Crippen molar-refractivity contribution >= 4 is 27.3 Å². The van der Waals surface area contributed by atoms with Gasteiger partial charge in [0.15, 0.2) is 0 Å². The molecule has 0 aliphatic rings. The fourth-order valence-electron chi connectivity index (χ4n) is 1.71. The summed E-state index contributed by atoms with van der Waals surface area (Å²) in [6.07, 6.45) is 6.08. The summed E-state index contributed by atoms with van der Waals surface area (Å²) < 4.78 is 24.2. The number of rotatable bonds is 7.